The van der Waals surface area contributed by atoms with Crippen molar-refractivity contribution in [3.63, 3.8) is 0 Å². The van der Waals surface area contributed by atoms with Crippen LogP contribution in [-0.2, 0) is 14.8 Å². The second-order valence-corrected chi connectivity index (χ2v) is 8.72. The Hall–Kier alpha value is -1.44. The Kier molecular flexibility index (Phi) is 5.22. The molecule has 0 atom stereocenters. The van der Waals surface area contributed by atoms with Crippen LogP contribution in [0.1, 0.15) is 24.8 Å². The highest BCUT2D eigenvalue weighted by Crippen LogP contribution is 2.19. The monoisotopic (exact) mass is 352 g/mol. The summed E-state index contributed by atoms with van der Waals surface area (Å²) in [6.45, 7) is 5.53. The fraction of sp³-hybridized carbons (Fsp3) is 0.588. The number of hydrogen-bond acceptors (Lipinski definition) is 3. The molecule has 0 unspecified atom stereocenters. The van der Waals surface area contributed by atoms with Crippen molar-refractivity contribution in [2.24, 2.45) is 0 Å². The van der Waals surface area contributed by atoms with Crippen molar-refractivity contribution < 1.29 is 18.1 Å². The zero-order valence-electron chi connectivity index (χ0n) is 14.2. The van der Waals surface area contributed by atoms with Gasteiger partial charge in [-0.25, -0.2) is 8.42 Å². The number of sulfonamides is 1. The number of hydrogen-bond donors (Lipinski definition) is 1. The lowest BCUT2D eigenvalue weighted by molar-refractivity contribution is -0.897. The molecule has 0 aliphatic carbocycles. The molecule has 1 aromatic carbocycles. The number of rotatable bonds is 4. The molecule has 0 radical (unpaired) electrons. The third kappa shape index (κ3) is 3.79. The predicted molar refractivity (Wildman–Crippen MR) is 91.1 cm³/mol. The molecular weight excluding hydrogens is 326 g/mol. The van der Waals surface area contributed by atoms with Crippen molar-refractivity contribution in [1.82, 2.24) is 9.21 Å². The minimum atomic E-state index is -3.52. The van der Waals surface area contributed by atoms with Crippen LogP contribution in [0.4, 0.5) is 0 Å². The van der Waals surface area contributed by atoms with E-state index >= 15 is 0 Å². The molecule has 1 N–H and O–H groups in total. The lowest BCUT2D eigenvalue weighted by Crippen LogP contribution is -3.13. The molecular formula is C17H26N3O3S+. The van der Waals surface area contributed by atoms with Gasteiger partial charge in [0.2, 0.25) is 10.0 Å². The van der Waals surface area contributed by atoms with Crippen LogP contribution in [0.3, 0.4) is 0 Å². The third-order valence-electron chi connectivity index (χ3n) is 4.92. The SMILES string of the molecule is Cc1ccc(S(=O)(=O)N2CCN(C(=O)C[NH+]3CCCCC3)C2)cc1. The Morgan fingerprint density at radius 3 is 2.42 bits per heavy atom. The highest BCUT2D eigenvalue weighted by Gasteiger charge is 2.34. The summed E-state index contributed by atoms with van der Waals surface area (Å²) in [6, 6.07) is 6.86. The Morgan fingerprint density at radius 2 is 1.75 bits per heavy atom. The topological polar surface area (TPSA) is 62.1 Å². The third-order valence-corrected chi connectivity index (χ3v) is 6.77. The Bertz CT molecular complexity index is 682. The minimum absolute atomic E-state index is 0.0634. The van der Waals surface area contributed by atoms with Gasteiger partial charge in [-0.15, -0.1) is 0 Å². The zero-order chi connectivity index (χ0) is 17.2. The zero-order valence-corrected chi connectivity index (χ0v) is 15.0. The molecule has 0 aromatic heterocycles. The van der Waals surface area contributed by atoms with E-state index in [0.717, 1.165) is 18.7 Å². The summed E-state index contributed by atoms with van der Waals surface area (Å²) in [7, 11) is -3.52. The summed E-state index contributed by atoms with van der Waals surface area (Å²) in [6.07, 6.45) is 3.61. The molecule has 2 saturated heterocycles. The van der Waals surface area contributed by atoms with Gasteiger partial charge in [0.15, 0.2) is 6.54 Å². The molecule has 7 heteroatoms. The molecule has 0 bridgehead atoms. The summed E-state index contributed by atoms with van der Waals surface area (Å²) in [5.41, 5.74) is 1.02. The first-order valence-corrected chi connectivity index (χ1v) is 10.1. The lowest BCUT2D eigenvalue weighted by atomic mass is 10.1. The van der Waals surface area contributed by atoms with Crippen molar-refractivity contribution in [3.05, 3.63) is 29.8 Å². The van der Waals surface area contributed by atoms with E-state index in [0.29, 0.717) is 24.5 Å². The van der Waals surface area contributed by atoms with E-state index in [1.54, 1.807) is 29.2 Å². The van der Waals surface area contributed by atoms with Gasteiger partial charge in [-0.1, -0.05) is 17.7 Å². The molecule has 1 amide bonds. The number of amides is 1. The van der Waals surface area contributed by atoms with Crippen molar-refractivity contribution in [1.29, 1.82) is 0 Å². The highest BCUT2D eigenvalue weighted by atomic mass is 32.2. The van der Waals surface area contributed by atoms with Gasteiger partial charge in [-0.05, 0) is 38.3 Å². The second kappa shape index (κ2) is 7.21. The smallest absolute Gasteiger partial charge is 0.278 e. The van der Waals surface area contributed by atoms with E-state index in [-0.39, 0.29) is 12.6 Å². The number of benzene rings is 1. The van der Waals surface area contributed by atoms with Crippen molar-refractivity contribution in [2.45, 2.75) is 31.1 Å². The van der Waals surface area contributed by atoms with Gasteiger partial charge in [0, 0.05) is 13.1 Å². The first kappa shape index (κ1) is 17.4. The lowest BCUT2D eigenvalue weighted by Gasteiger charge is -2.25. The number of nitrogens with one attached hydrogen (secondary N) is 1. The summed E-state index contributed by atoms with van der Waals surface area (Å²) >= 11 is 0. The molecule has 6 nitrogen and oxygen atoms in total. The summed E-state index contributed by atoms with van der Waals surface area (Å²) in [5.74, 6) is 0.0634. The van der Waals surface area contributed by atoms with E-state index in [1.165, 1.54) is 28.5 Å². The maximum absolute atomic E-state index is 12.7. The van der Waals surface area contributed by atoms with Crippen LogP contribution in [0, 0.1) is 6.92 Å². The van der Waals surface area contributed by atoms with Crippen LogP contribution in [0.25, 0.3) is 0 Å². The van der Waals surface area contributed by atoms with E-state index in [4.69, 9.17) is 0 Å². The van der Waals surface area contributed by atoms with Gasteiger partial charge in [0.25, 0.3) is 5.91 Å². The molecule has 3 rings (SSSR count). The van der Waals surface area contributed by atoms with Gasteiger partial charge < -0.3 is 9.80 Å². The maximum atomic E-state index is 12.7. The molecule has 0 spiro atoms. The predicted octanol–water partition coefficient (Wildman–Crippen LogP) is -0.146. The Balaban J connectivity index is 1.61. The second-order valence-electron chi connectivity index (χ2n) is 6.78. The molecule has 2 aliphatic heterocycles. The standard InChI is InChI=1S/C17H25N3O3S/c1-15-5-7-16(8-6-15)24(22,23)20-12-11-19(14-20)17(21)13-18-9-3-2-4-10-18/h5-8H,2-4,9-14H2,1H3/p+1. The van der Waals surface area contributed by atoms with Gasteiger partial charge in [0.05, 0.1) is 24.7 Å². The number of piperidine rings is 1. The molecule has 2 fully saturated rings. The average Bonchev–Trinajstić information content (AvgIpc) is 3.07. The van der Waals surface area contributed by atoms with Crippen molar-refractivity contribution >= 4 is 15.9 Å². The van der Waals surface area contributed by atoms with E-state index in [9.17, 15) is 13.2 Å². The number of quaternary nitrogens is 1. The Labute approximate surface area is 144 Å². The summed E-state index contributed by atoms with van der Waals surface area (Å²) in [5, 5.41) is 0. The maximum Gasteiger partial charge on any atom is 0.278 e. The van der Waals surface area contributed by atoms with Gasteiger partial charge in [-0.3, -0.25) is 4.79 Å². The molecule has 2 heterocycles. The first-order chi connectivity index (χ1) is 11.5. The molecule has 2 aliphatic rings. The molecule has 0 saturated carbocycles. The summed E-state index contributed by atoms with van der Waals surface area (Å²) in [4.78, 5) is 15.7. The number of carbonyl (C=O) groups is 1. The van der Waals surface area contributed by atoms with Crippen LogP contribution < -0.4 is 4.90 Å². The molecule has 132 valence electrons. The largest absolute Gasteiger partial charge is 0.327 e. The van der Waals surface area contributed by atoms with Gasteiger partial charge in [0.1, 0.15) is 0 Å². The number of nitrogens with zero attached hydrogens (tertiary/aromatic N) is 2. The Morgan fingerprint density at radius 1 is 1.08 bits per heavy atom. The van der Waals surface area contributed by atoms with E-state index < -0.39 is 10.0 Å². The van der Waals surface area contributed by atoms with Crippen molar-refractivity contribution in [2.75, 3.05) is 39.4 Å². The summed E-state index contributed by atoms with van der Waals surface area (Å²) < 4.78 is 26.8. The van der Waals surface area contributed by atoms with E-state index in [1.807, 2.05) is 6.92 Å². The minimum Gasteiger partial charge on any atom is -0.327 e. The fourth-order valence-electron chi connectivity index (χ4n) is 3.38. The highest BCUT2D eigenvalue weighted by molar-refractivity contribution is 7.89. The van der Waals surface area contributed by atoms with Crippen molar-refractivity contribution in [3.8, 4) is 0 Å². The number of carbonyl (C=O) groups excluding carboxylic acids is 1. The van der Waals surface area contributed by atoms with Crippen LogP contribution in [0.5, 0.6) is 0 Å². The normalized spacial score (nSPS) is 20.5. The fourth-order valence-corrected chi connectivity index (χ4v) is 4.77. The van der Waals surface area contributed by atoms with Gasteiger partial charge >= 0.3 is 0 Å². The number of likely N-dealkylation sites (tertiary alicyclic amines) is 1. The van der Waals surface area contributed by atoms with Crippen LogP contribution >= 0.6 is 0 Å². The van der Waals surface area contributed by atoms with E-state index in [2.05, 4.69) is 0 Å². The van der Waals surface area contributed by atoms with Crippen LogP contribution in [0.2, 0.25) is 0 Å². The van der Waals surface area contributed by atoms with Crippen LogP contribution in [0.15, 0.2) is 29.2 Å². The first-order valence-electron chi connectivity index (χ1n) is 8.65. The molecule has 24 heavy (non-hydrogen) atoms. The number of aryl methyl sites for hydroxylation is 1. The van der Waals surface area contributed by atoms with Crippen LogP contribution in [-0.4, -0.2) is 62.9 Å². The van der Waals surface area contributed by atoms with Gasteiger partial charge in [-0.2, -0.15) is 4.31 Å². The average molecular weight is 352 g/mol. The molecule has 1 aromatic rings. The quantitative estimate of drug-likeness (QED) is 0.820.